The van der Waals surface area contributed by atoms with Gasteiger partial charge >= 0.3 is 0 Å². The minimum Gasteiger partial charge on any atom is -0.396 e. The Morgan fingerprint density at radius 3 is 3.00 bits per heavy atom. The van der Waals surface area contributed by atoms with Gasteiger partial charge in [0, 0.05) is 6.54 Å². The number of H-pyrrole nitrogens is 1. The summed E-state index contributed by atoms with van der Waals surface area (Å²) < 4.78 is 0. The maximum atomic E-state index is 11.8. The van der Waals surface area contributed by atoms with Gasteiger partial charge in [0.25, 0.3) is 0 Å². The number of amides is 1. The number of carbonyl (C=O) groups excluding carboxylic acids is 1. The maximum absolute atomic E-state index is 11.8. The summed E-state index contributed by atoms with van der Waals surface area (Å²) >= 11 is 0. The summed E-state index contributed by atoms with van der Waals surface area (Å²) in [6, 6.07) is 5.86. The lowest BCUT2D eigenvalue weighted by Gasteiger charge is -2.12. The Morgan fingerprint density at radius 1 is 1.53 bits per heavy atom. The largest absolute Gasteiger partial charge is 0.396 e. The van der Waals surface area contributed by atoms with Crippen molar-refractivity contribution in [2.45, 2.75) is 26.8 Å². The fourth-order valence-electron chi connectivity index (χ4n) is 2.03. The quantitative estimate of drug-likeness (QED) is 0.763. The van der Waals surface area contributed by atoms with Crippen molar-refractivity contribution in [3.8, 4) is 0 Å². The number of aryl methyl sites for hydroxylation is 1. The summed E-state index contributed by atoms with van der Waals surface area (Å²) in [4.78, 5) is 19.3. The zero-order chi connectivity index (χ0) is 13.8. The number of aromatic nitrogens is 2. The Bertz CT molecular complexity index is 573. The Kier molecular flexibility index (Phi) is 4.16. The number of aliphatic hydroxyl groups excluding tert-OH is 1. The van der Waals surface area contributed by atoms with Gasteiger partial charge in [-0.1, -0.05) is 13.0 Å². The van der Waals surface area contributed by atoms with Gasteiger partial charge < -0.3 is 15.4 Å². The van der Waals surface area contributed by atoms with E-state index in [0.717, 1.165) is 22.4 Å². The lowest BCUT2D eigenvalue weighted by Crippen LogP contribution is -2.31. The van der Waals surface area contributed by atoms with E-state index in [9.17, 15) is 4.79 Å². The smallest absolute Gasteiger partial charge is 0.225 e. The van der Waals surface area contributed by atoms with E-state index in [2.05, 4.69) is 15.3 Å². The van der Waals surface area contributed by atoms with Crippen LogP contribution in [-0.2, 0) is 11.3 Å². The van der Waals surface area contributed by atoms with Crippen LogP contribution in [0, 0.1) is 12.8 Å². The lowest BCUT2D eigenvalue weighted by atomic mass is 10.1. The minimum absolute atomic E-state index is 0.106. The number of rotatable bonds is 5. The number of carbonyl (C=O) groups is 1. The molecule has 1 aromatic carbocycles. The van der Waals surface area contributed by atoms with E-state index in [1.165, 1.54) is 0 Å². The van der Waals surface area contributed by atoms with Gasteiger partial charge in [-0.25, -0.2) is 4.98 Å². The van der Waals surface area contributed by atoms with Crippen LogP contribution in [-0.4, -0.2) is 27.6 Å². The van der Waals surface area contributed by atoms with Gasteiger partial charge in [-0.2, -0.15) is 0 Å². The molecule has 102 valence electrons. The summed E-state index contributed by atoms with van der Waals surface area (Å²) in [5.41, 5.74) is 2.91. The summed E-state index contributed by atoms with van der Waals surface area (Å²) in [6.07, 6.45) is 0.640. The summed E-state index contributed by atoms with van der Waals surface area (Å²) in [5.74, 6) is 0.450. The van der Waals surface area contributed by atoms with E-state index in [0.29, 0.717) is 13.0 Å². The van der Waals surface area contributed by atoms with Crippen LogP contribution >= 0.6 is 0 Å². The minimum atomic E-state index is -0.321. The maximum Gasteiger partial charge on any atom is 0.225 e. The predicted octanol–water partition coefficient (Wildman–Crippen LogP) is 1.51. The molecular formula is C14H19N3O2. The average Bonchev–Trinajstić information content (AvgIpc) is 2.77. The Balaban J connectivity index is 2.03. The number of nitrogens with one attached hydrogen (secondary N) is 2. The Hall–Kier alpha value is -1.88. The summed E-state index contributed by atoms with van der Waals surface area (Å²) in [5, 5.41) is 11.9. The zero-order valence-corrected chi connectivity index (χ0v) is 11.2. The highest BCUT2D eigenvalue weighted by Gasteiger charge is 2.14. The van der Waals surface area contributed by atoms with Gasteiger partial charge in [-0.05, 0) is 31.0 Å². The van der Waals surface area contributed by atoms with Gasteiger partial charge in [0.2, 0.25) is 5.91 Å². The molecule has 0 bridgehead atoms. The number of imidazole rings is 1. The van der Waals surface area contributed by atoms with Crippen molar-refractivity contribution in [1.82, 2.24) is 15.3 Å². The number of aliphatic hydroxyl groups is 1. The van der Waals surface area contributed by atoms with E-state index in [4.69, 9.17) is 5.11 Å². The second-order valence-corrected chi connectivity index (χ2v) is 4.68. The van der Waals surface area contributed by atoms with E-state index in [1.807, 2.05) is 32.0 Å². The molecule has 1 unspecified atom stereocenters. The number of benzene rings is 1. The molecule has 19 heavy (non-hydrogen) atoms. The first kappa shape index (κ1) is 13.5. The van der Waals surface area contributed by atoms with E-state index >= 15 is 0 Å². The highest BCUT2D eigenvalue weighted by atomic mass is 16.3. The Morgan fingerprint density at radius 2 is 2.32 bits per heavy atom. The number of aromatic amines is 1. The fourth-order valence-corrected chi connectivity index (χ4v) is 2.03. The molecule has 2 rings (SSSR count). The molecule has 0 aliphatic carbocycles. The van der Waals surface area contributed by atoms with Crippen LogP contribution in [0.4, 0.5) is 0 Å². The Labute approximate surface area is 112 Å². The molecule has 0 saturated carbocycles. The first-order valence-electron chi connectivity index (χ1n) is 6.47. The second kappa shape index (κ2) is 5.84. The first-order valence-corrected chi connectivity index (χ1v) is 6.47. The van der Waals surface area contributed by atoms with Crippen LogP contribution in [0.2, 0.25) is 0 Å². The highest BCUT2D eigenvalue weighted by Crippen LogP contribution is 2.13. The molecule has 2 aromatic rings. The third-order valence-corrected chi connectivity index (χ3v) is 3.22. The summed E-state index contributed by atoms with van der Waals surface area (Å²) in [6.45, 7) is 4.15. The third-order valence-electron chi connectivity index (χ3n) is 3.22. The number of fused-ring (bicyclic) bond motifs is 1. The zero-order valence-electron chi connectivity index (χ0n) is 11.2. The van der Waals surface area contributed by atoms with Crippen molar-refractivity contribution in [2.24, 2.45) is 5.92 Å². The third kappa shape index (κ3) is 3.12. The molecule has 0 radical (unpaired) electrons. The van der Waals surface area contributed by atoms with E-state index in [-0.39, 0.29) is 18.4 Å². The fraction of sp³-hybridized carbons (Fsp3) is 0.429. The predicted molar refractivity (Wildman–Crippen MR) is 73.5 cm³/mol. The number of nitrogens with zero attached hydrogens (tertiary/aromatic N) is 1. The molecule has 1 heterocycles. The van der Waals surface area contributed by atoms with Crippen LogP contribution in [0.5, 0.6) is 0 Å². The van der Waals surface area contributed by atoms with Gasteiger partial charge in [-0.15, -0.1) is 0 Å². The molecule has 0 fully saturated rings. The molecule has 5 nitrogen and oxygen atoms in total. The van der Waals surface area contributed by atoms with Gasteiger partial charge in [0.05, 0.1) is 23.6 Å². The van der Waals surface area contributed by atoms with Crippen molar-refractivity contribution in [3.63, 3.8) is 0 Å². The van der Waals surface area contributed by atoms with Crippen LogP contribution in [0.3, 0.4) is 0 Å². The molecule has 5 heteroatoms. The standard InChI is InChI=1S/C14H19N3O2/c1-3-11(8-18)14(19)15-7-10-4-5-12-13(6-10)17-9(2)16-12/h4-6,11,18H,3,7-8H2,1-2H3,(H,15,19)(H,16,17). The molecule has 0 saturated heterocycles. The molecular weight excluding hydrogens is 242 g/mol. The first-order chi connectivity index (χ1) is 9.13. The van der Waals surface area contributed by atoms with Gasteiger partial charge in [0.1, 0.15) is 5.82 Å². The second-order valence-electron chi connectivity index (χ2n) is 4.68. The SMILES string of the molecule is CCC(CO)C(=O)NCc1ccc2nc(C)[nH]c2c1. The monoisotopic (exact) mass is 261 g/mol. The molecule has 1 aromatic heterocycles. The van der Waals surface area contributed by atoms with Crippen LogP contribution < -0.4 is 5.32 Å². The molecule has 0 aliphatic heterocycles. The van der Waals surface area contributed by atoms with Crippen molar-refractivity contribution < 1.29 is 9.90 Å². The van der Waals surface area contributed by atoms with Crippen molar-refractivity contribution >= 4 is 16.9 Å². The van der Waals surface area contributed by atoms with Crippen molar-refractivity contribution in [3.05, 3.63) is 29.6 Å². The van der Waals surface area contributed by atoms with Gasteiger partial charge in [0.15, 0.2) is 0 Å². The topological polar surface area (TPSA) is 78.0 Å². The van der Waals surface area contributed by atoms with Crippen molar-refractivity contribution in [1.29, 1.82) is 0 Å². The van der Waals surface area contributed by atoms with Gasteiger partial charge in [-0.3, -0.25) is 4.79 Å². The van der Waals surface area contributed by atoms with Crippen LogP contribution in [0.15, 0.2) is 18.2 Å². The molecule has 1 amide bonds. The van der Waals surface area contributed by atoms with E-state index < -0.39 is 0 Å². The number of hydrogen-bond acceptors (Lipinski definition) is 3. The van der Waals surface area contributed by atoms with Crippen molar-refractivity contribution in [2.75, 3.05) is 6.61 Å². The normalized spacial score (nSPS) is 12.6. The molecule has 0 spiro atoms. The van der Waals surface area contributed by atoms with E-state index in [1.54, 1.807) is 0 Å². The van der Waals surface area contributed by atoms with Crippen LogP contribution in [0.1, 0.15) is 24.7 Å². The molecule has 0 aliphatic rings. The molecule has 3 N–H and O–H groups in total. The average molecular weight is 261 g/mol. The lowest BCUT2D eigenvalue weighted by molar-refractivity contribution is -0.126. The highest BCUT2D eigenvalue weighted by molar-refractivity contribution is 5.79. The molecule has 1 atom stereocenters. The van der Waals surface area contributed by atoms with Crippen LogP contribution in [0.25, 0.3) is 11.0 Å². The summed E-state index contributed by atoms with van der Waals surface area (Å²) in [7, 11) is 0. The number of hydrogen-bond donors (Lipinski definition) is 3.